The summed E-state index contributed by atoms with van der Waals surface area (Å²) in [6.07, 6.45) is 6.71. The number of fused-ring (bicyclic) bond motifs is 2. The van der Waals surface area contributed by atoms with Crippen molar-refractivity contribution < 1.29 is 4.39 Å². The summed E-state index contributed by atoms with van der Waals surface area (Å²) in [5.74, 6) is 0.255. The zero-order valence-electron chi connectivity index (χ0n) is 22.5. The molecule has 39 heavy (non-hydrogen) atoms. The lowest BCUT2D eigenvalue weighted by molar-refractivity contribution is 0.622. The number of nitrogens with zero attached hydrogens (tertiary/aromatic N) is 2. The third kappa shape index (κ3) is 5.32. The third-order valence-corrected chi connectivity index (χ3v) is 6.60. The third-order valence-electron chi connectivity index (χ3n) is 6.60. The summed E-state index contributed by atoms with van der Waals surface area (Å²) in [6, 6.07) is 18.6. The minimum absolute atomic E-state index is 0.252. The summed E-state index contributed by atoms with van der Waals surface area (Å²) >= 11 is 0. The van der Waals surface area contributed by atoms with Crippen molar-refractivity contribution in [2.45, 2.75) is 27.2 Å². The first-order valence-electron chi connectivity index (χ1n) is 13.1. The van der Waals surface area contributed by atoms with Gasteiger partial charge >= 0.3 is 0 Å². The number of hydrogen-bond donors (Lipinski definition) is 3. The molecule has 0 spiro atoms. The fourth-order valence-electron chi connectivity index (χ4n) is 4.81. The molecule has 0 aliphatic carbocycles. The number of hydrogen-bond acceptors (Lipinski definition) is 3. The van der Waals surface area contributed by atoms with Crippen LogP contribution in [0.2, 0.25) is 0 Å². The van der Waals surface area contributed by atoms with Crippen molar-refractivity contribution in [3.05, 3.63) is 115 Å². The molecule has 0 unspecified atom stereocenters. The van der Waals surface area contributed by atoms with Crippen LogP contribution in [0.1, 0.15) is 32.9 Å². The van der Waals surface area contributed by atoms with Crippen LogP contribution in [0.3, 0.4) is 0 Å². The Bertz CT molecular complexity index is 1750. The average Bonchev–Trinajstić information content (AvgIpc) is 3.54. The van der Waals surface area contributed by atoms with E-state index in [1.807, 2.05) is 61.5 Å². The van der Waals surface area contributed by atoms with Crippen LogP contribution in [0.25, 0.3) is 50.0 Å². The molecule has 5 nitrogen and oxygen atoms in total. The van der Waals surface area contributed by atoms with Gasteiger partial charge in [0.1, 0.15) is 17.0 Å². The molecule has 0 atom stereocenters. The second kappa shape index (κ2) is 11.0. The Kier molecular flexibility index (Phi) is 7.28. The maximum atomic E-state index is 14.6. The Balaban J connectivity index is 1.54. The van der Waals surface area contributed by atoms with Gasteiger partial charge in [0.2, 0.25) is 0 Å². The van der Waals surface area contributed by atoms with E-state index in [0.29, 0.717) is 17.2 Å². The molecule has 2 aromatic carbocycles. The molecule has 196 valence electrons. The number of benzene rings is 2. The van der Waals surface area contributed by atoms with E-state index in [0.717, 1.165) is 62.3 Å². The Morgan fingerprint density at radius 1 is 1.05 bits per heavy atom. The Labute approximate surface area is 227 Å². The first kappa shape index (κ1) is 25.9. The average molecular weight is 518 g/mol. The second-order valence-corrected chi connectivity index (χ2v) is 9.97. The lowest BCUT2D eigenvalue weighted by Gasteiger charge is -2.13. The van der Waals surface area contributed by atoms with Crippen molar-refractivity contribution >= 4 is 27.5 Å². The van der Waals surface area contributed by atoms with Crippen LogP contribution >= 0.6 is 0 Å². The van der Waals surface area contributed by atoms with Crippen LogP contribution < -0.4 is 5.32 Å². The molecule has 5 rings (SSSR count). The number of H-pyrrole nitrogens is 2. The van der Waals surface area contributed by atoms with Crippen molar-refractivity contribution in [2.75, 3.05) is 0 Å². The van der Waals surface area contributed by atoms with Crippen LogP contribution in [-0.4, -0.2) is 20.2 Å². The highest BCUT2D eigenvalue weighted by Crippen LogP contribution is 2.35. The summed E-state index contributed by atoms with van der Waals surface area (Å²) in [5, 5.41) is 12.0. The number of pyridine rings is 1. The minimum Gasteiger partial charge on any atom is -0.359 e. The second-order valence-electron chi connectivity index (χ2n) is 9.97. The van der Waals surface area contributed by atoms with Crippen LogP contribution in [-0.2, 0) is 0 Å². The fraction of sp³-hybridized carbons (Fsp3) is 0.152. The highest BCUT2D eigenvalue weighted by Gasteiger charge is 2.16. The van der Waals surface area contributed by atoms with E-state index in [-0.39, 0.29) is 5.82 Å². The first-order chi connectivity index (χ1) is 18.9. The number of aromatic amines is 2. The van der Waals surface area contributed by atoms with Gasteiger partial charge in [0.05, 0.1) is 16.9 Å². The summed E-state index contributed by atoms with van der Waals surface area (Å²) in [4.78, 5) is 8.45. The van der Waals surface area contributed by atoms with E-state index in [2.05, 4.69) is 47.5 Å². The van der Waals surface area contributed by atoms with Crippen molar-refractivity contribution in [3.8, 4) is 22.5 Å². The van der Waals surface area contributed by atoms with E-state index in [4.69, 9.17) is 4.98 Å². The number of nitrogens with one attached hydrogen (secondary N) is 3. The monoisotopic (exact) mass is 517 g/mol. The smallest absolute Gasteiger partial charge is 0.135 e. The molecule has 5 aromatic rings. The van der Waals surface area contributed by atoms with Gasteiger partial charge in [0.25, 0.3) is 0 Å². The summed E-state index contributed by atoms with van der Waals surface area (Å²) in [6.45, 7) is 14.4. The standard InChI is InChI=1S/C33H32FN5/c1-6-22(18-23(7-2)35-21(5)17-20(3)4)28-15-16-30-32(37-28)33(39-38-30)31-19-26-24(12-10-14-29(26)36-31)25-11-8-9-13-27(25)34/h6-16,18-20,35-36H,2,5,17H2,1,3-4H3,(H,38,39)/b22-6+,23-18+. The topological polar surface area (TPSA) is 69.4 Å². The first-order valence-corrected chi connectivity index (χ1v) is 13.1. The quantitative estimate of drug-likeness (QED) is 0.172. The summed E-state index contributed by atoms with van der Waals surface area (Å²) in [7, 11) is 0. The molecule has 0 aliphatic rings. The number of aromatic nitrogens is 4. The van der Waals surface area contributed by atoms with E-state index in [1.165, 1.54) is 6.07 Å². The SMILES string of the molecule is C=C/C(=C\C(=C/C)c1ccc2[nH]nc(-c3cc4c(-c5ccccc5F)cccc4[nH]3)c2n1)NC(=C)CC(C)C. The Morgan fingerprint density at radius 2 is 1.85 bits per heavy atom. The fourth-order valence-corrected chi connectivity index (χ4v) is 4.81. The molecular formula is C33H32FN5. The number of rotatable bonds is 9. The van der Waals surface area contributed by atoms with E-state index in [1.54, 1.807) is 18.2 Å². The largest absolute Gasteiger partial charge is 0.359 e. The molecule has 0 saturated heterocycles. The molecular weight excluding hydrogens is 485 g/mol. The van der Waals surface area contributed by atoms with Gasteiger partial charge in [-0.1, -0.05) is 63.4 Å². The highest BCUT2D eigenvalue weighted by molar-refractivity contribution is 6.00. The van der Waals surface area contributed by atoms with Crippen LogP contribution in [0, 0.1) is 11.7 Å². The molecule has 6 heteroatoms. The van der Waals surface area contributed by atoms with Gasteiger partial charge in [-0.3, -0.25) is 5.10 Å². The van der Waals surface area contributed by atoms with Crippen molar-refractivity contribution in [2.24, 2.45) is 5.92 Å². The maximum Gasteiger partial charge on any atom is 0.135 e. The normalized spacial score (nSPS) is 12.4. The van der Waals surface area contributed by atoms with Crippen molar-refractivity contribution in [1.82, 2.24) is 25.5 Å². The molecule has 0 aliphatic heterocycles. The van der Waals surface area contributed by atoms with Crippen LogP contribution in [0.5, 0.6) is 0 Å². The molecule has 3 aromatic heterocycles. The number of halogens is 1. The maximum absolute atomic E-state index is 14.6. The van der Waals surface area contributed by atoms with Gasteiger partial charge in [0.15, 0.2) is 0 Å². The molecule has 0 saturated carbocycles. The molecule has 0 bridgehead atoms. The molecule has 0 fully saturated rings. The van der Waals surface area contributed by atoms with Gasteiger partial charge in [-0.05, 0) is 72.9 Å². The summed E-state index contributed by atoms with van der Waals surface area (Å²) < 4.78 is 14.6. The Hall–Kier alpha value is -4.71. The zero-order chi connectivity index (χ0) is 27.5. The number of allylic oxidation sites excluding steroid dienone is 5. The van der Waals surface area contributed by atoms with Gasteiger partial charge < -0.3 is 10.3 Å². The van der Waals surface area contributed by atoms with E-state index in [9.17, 15) is 4.39 Å². The minimum atomic E-state index is -0.252. The zero-order valence-corrected chi connectivity index (χ0v) is 22.5. The summed E-state index contributed by atoms with van der Waals surface area (Å²) in [5.41, 5.74) is 8.94. The lowest BCUT2D eigenvalue weighted by atomic mass is 10.0. The van der Waals surface area contributed by atoms with E-state index >= 15 is 0 Å². The molecule has 3 heterocycles. The predicted molar refractivity (Wildman–Crippen MR) is 160 cm³/mol. The molecule has 3 N–H and O–H groups in total. The molecule has 0 radical (unpaired) electrons. The Morgan fingerprint density at radius 3 is 2.59 bits per heavy atom. The van der Waals surface area contributed by atoms with Crippen molar-refractivity contribution in [1.29, 1.82) is 0 Å². The van der Waals surface area contributed by atoms with Crippen LogP contribution in [0.15, 0.2) is 103 Å². The van der Waals surface area contributed by atoms with Gasteiger partial charge in [-0.2, -0.15) is 5.10 Å². The van der Waals surface area contributed by atoms with Crippen molar-refractivity contribution in [3.63, 3.8) is 0 Å². The van der Waals surface area contributed by atoms with Gasteiger partial charge in [-0.25, -0.2) is 9.37 Å². The van der Waals surface area contributed by atoms with Gasteiger partial charge in [-0.15, -0.1) is 0 Å². The predicted octanol–water partition coefficient (Wildman–Crippen LogP) is 8.53. The highest BCUT2D eigenvalue weighted by atomic mass is 19.1. The van der Waals surface area contributed by atoms with Crippen LogP contribution in [0.4, 0.5) is 4.39 Å². The molecule has 0 amide bonds. The lowest BCUT2D eigenvalue weighted by Crippen LogP contribution is -2.12. The van der Waals surface area contributed by atoms with Gasteiger partial charge in [0, 0.05) is 27.9 Å². The van der Waals surface area contributed by atoms with E-state index < -0.39 is 0 Å².